The van der Waals surface area contributed by atoms with Crippen LogP contribution in [0.25, 0.3) is 0 Å². The van der Waals surface area contributed by atoms with Crippen LogP contribution >= 0.6 is 46.6 Å². The highest BCUT2D eigenvalue weighted by Gasteiger charge is 2.31. The van der Waals surface area contributed by atoms with Gasteiger partial charge < -0.3 is 9.47 Å². The Morgan fingerprint density at radius 2 is 0.674 bits per heavy atom. The highest BCUT2D eigenvalue weighted by atomic mass is 35.5. The highest BCUT2D eigenvalue weighted by molar-refractivity contribution is 7.98. The maximum absolute atomic E-state index is 12.5. The molecule has 89 heavy (non-hydrogen) atoms. The van der Waals surface area contributed by atoms with E-state index in [1.807, 2.05) is 112 Å². The molecule has 0 heterocycles. The number of ether oxygens (including phenoxy) is 2. The first kappa shape index (κ1) is 79.5. The van der Waals surface area contributed by atoms with Gasteiger partial charge in [0, 0.05) is 20.0 Å². The normalized spacial score (nSPS) is 9.84. The Morgan fingerprint density at radius 1 is 0.337 bits per heavy atom. The van der Waals surface area contributed by atoms with E-state index < -0.39 is 18.1 Å². The van der Waals surface area contributed by atoms with Gasteiger partial charge in [-0.05, 0) is 191 Å². The lowest BCUT2D eigenvalue weighted by atomic mass is 10.1. The molecular formula is C75H79Cl3F8O2S. The van der Waals surface area contributed by atoms with Crippen LogP contribution in [0.3, 0.4) is 0 Å². The molecule has 14 heteroatoms. The summed E-state index contributed by atoms with van der Waals surface area (Å²) >= 11 is 18.5. The van der Waals surface area contributed by atoms with Crippen molar-refractivity contribution in [2.45, 2.75) is 93.6 Å². The van der Waals surface area contributed by atoms with Gasteiger partial charge in [0.15, 0.2) is 0 Å². The molecule has 0 aliphatic heterocycles. The average Bonchev–Trinajstić information content (AvgIpc) is 3.67. The van der Waals surface area contributed by atoms with Crippen LogP contribution in [0, 0.1) is 87.8 Å². The number of hydrogen-bond acceptors (Lipinski definition) is 3. The Balaban J connectivity index is 0.000000496. The fourth-order valence-electron chi connectivity index (χ4n) is 6.24. The van der Waals surface area contributed by atoms with Gasteiger partial charge in [0.2, 0.25) is 0 Å². The van der Waals surface area contributed by atoms with Crippen LogP contribution in [0.15, 0.2) is 248 Å². The van der Waals surface area contributed by atoms with Crippen LogP contribution < -0.4 is 9.47 Å². The van der Waals surface area contributed by atoms with Gasteiger partial charge in [-0.3, -0.25) is 0 Å². The topological polar surface area (TPSA) is 18.5 Å². The Bertz CT molecular complexity index is 3190. The Morgan fingerprint density at radius 3 is 0.978 bits per heavy atom. The van der Waals surface area contributed by atoms with Gasteiger partial charge in [-0.25, -0.2) is 8.78 Å². The van der Waals surface area contributed by atoms with Crippen molar-refractivity contribution < 1.29 is 44.6 Å². The average molecular weight is 1300 g/mol. The summed E-state index contributed by atoms with van der Waals surface area (Å²) in [5, 5.41) is 2.05. The molecule has 0 spiro atoms. The predicted octanol–water partition coefficient (Wildman–Crippen LogP) is 25.1. The van der Waals surface area contributed by atoms with E-state index in [2.05, 4.69) is 106 Å². The molecule has 2 nitrogen and oxygen atoms in total. The number of halogens is 11. The van der Waals surface area contributed by atoms with Gasteiger partial charge in [-0.15, -0.1) is 24.9 Å². The summed E-state index contributed by atoms with van der Waals surface area (Å²) in [6.07, 6.45) is -6.73. The molecule has 0 unspecified atom stereocenters. The summed E-state index contributed by atoms with van der Waals surface area (Å²) in [6.45, 7) is 21.7. The third-order valence-electron chi connectivity index (χ3n) is 11.4. The fourth-order valence-corrected chi connectivity index (χ4v) is 7.18. The van der Waals surface area contributed by atoms with E-state index in [0.29, 0.717) is 10.6 Å². The van der Waals surface area contributed by atoms with Gasteiger partial charge in [0.1, 0.15) is 23.1 Å². The van der Waals surface area contributed by atoms with Gasteiger partial charge in [-0.1, -0.05) is 230 Å². The minimum atomic E-state index is -4.60. The minimum Gasteiger partial charge on any atom is -0.497 e. The Kier molecular flexibility index (Phi) is 39.3. The lowest BCUT2D eigenvalue weighted by Crippen LogP contribution is -2.16. The van der Waals surface area contributed by atoms with Crippen molar-refractivity contribution in [2.75, 3.05) is 13.4 Å². The van der Waals surface area contributed by atoms with Crippen molar-refractivity contribution in [3.8, 4) is 11.5 Å². The number of thioether (sulfide) groups is 1. The molecule has 0 bridgehead atoms. The van der Waals surface area contributed by atoms with E-state index in [0.717, 1.165) is 44.6 Å². The zero-order chi connectivity index (χ0) is 67.0. The second-order valence-electron chi connectivity index (χ2n) is 19.9. The zero-order valence-corrected chi connectivity index (χ0v) is 55.6. The fraction of sp³-hybridized carbons (Fsp3) is 0.200. The van der Waals surface area contributed by atoms with E-state index in [-0.39, 0.29) is 17.4 Å². The number of benzene rings is 10. The van der Waals surface area contributed by atoms with E-state index in [4.69, 9.17) is 39.5 Å². The van der Waals surface area contributed by atoms with Crippen LogP contribution in [0.5, 0.6) is 11.5 Å². The van der Waals surface area contributed by atoms with Crippen LogP contribution in [-0.4, -0.2) is 19.7 Å². The SMILES string of the molecule is COc1ccc(C)cc1.CSc1ccc(C)cc1.Cc1ccc(C(F)(F)F)cc1.Cc1ccc(C)cc1.Cc1ccc(Cl)cc1.Cc1ccc(Cl)cc1F.Cc1ccc(F)cc1.Cc1ccc(OC(F)(F)F)cc1.Cc1cccc(Cl)c1.Cc1ccccc1. The summed E-state index contributed by atoms with van der Waals surface area (Å²) in [6, 6.07) is 72.5. The number of alkyl halides is 6. The molecule has 0 aliphatic carbocycles. The molecule has 0 fully saturated rings. The van der Waals surface area contributed by atoms with E-state index >= 15 is 0 Å². The lowest BCUT2D eigenvalue weighted by molar-refractivity contribution is -0.274. The third-order valence-corrected chi connectivity index (χ3v) is 12.9. The maximum atomic E-state index is 12.5. The second-order valence-corrected chi connectivity index (χ2v) is 22.0. The van der Waals surface area contributed by atoms with Crippen LogP contribution in [-0.2, 0) is 6.18 Å². The summed E-state index contributed by atoms with van der Waals surface area (Å²) in [5.41, 5.74) is 11.9. The molecule has 0 saturated carbocycles. The first-order chi connectivity index (χ1) is 41.9. The Hall–Kier alpha value is -7.54. The van der Waals surface area contributed by atoms with Crippen LogP contribution in [0.1, 0.15) is 66.8 Å². The summed E-state index contributed by atoms with van der Waals surface area (Å²) in [5.74, 6) is 0.312. The largest absolute Gasteiger partial charge is 0.573 e. The van der Waals surface area contributed by atoms with E-state index in [1.165, 1.54) is 86.3 Å². The van der Waals surface area contributed by atoms with Gasteiger partial charge >= 0.3 is 12.5 Å². The highest BCUT2D eigenvalue weighted by Crippen LogP contribution is 2.29. The minimum absolute atomic E-state index is 0.171. The molecule has 474 valence electrons. The molecule has 10 rings (SSSR count). The smallest absolute Gasteiger partial charge is 0.497 e. The lowest BCUT2D eigenvalue weighted by Gasteiger charge is -2.08. The Labute approximate surface area is 542 Å². The van der Waals surface area contributed by atoms with Gasteiger partial charge in [0.05, 0.1) is 12.7 Å². The van der Waals surface area contributed by atoms with Crippen molar-refractivity contribution in [1.29, 1.82) is 0 Å². The number of rotatable bonds is 3. The molecule has 0 N–H and O–H groups in total. The molecule has 10 aromatic carbocycles. The first-order valence-electron chi connectivity index (χ1n) is 27.7. The second kappa shape index (κ2) is 44.0. The van der Waals surface area contributed by atoms with Crippen molar-refractivity contribution in [1.82, 2.24) is 0 Å². The maximum Gasteiger partial charge on any atom is 0.573 e. The van der Waals surface area contributed by atoms with Gasteiger partial charge in [-0.2, -0.15) is 13.2 Å². The predicted molar refractivity (Wildman–Crippen MR) is 361 cm³/mol. The molecule has 10 aromatic rings. The van der Waals surface area contributed by atoms with E-state index in [9.17, 15) is 35.1 Å². The summed E-state index contributed by atoms with van der Waals surface area (Å²) in [4.78, 5) is 1.33. The van der Waals surface area contributed by atoms with Gasteiger partial charge in [0.25, 0.3) is 0 Å². The quantitative estimate of drug-likeness (QED) is 0.130. The van der Waals surface area contributed by atoms with Crippen molar-refractivity contribution >= 4 is 46.6 Å². The monoisotopic (exact) mass is 1300 g/mol. The molecule has 0 amide bonds. The van der Waals surface area contributed by atoms with Crippen molar-refractivity contribution in [3.05, 3.63) is 336 Å². The van der Waals surface area contributed by atoms with Crippen LogP contribution in [0.2, 0.25) is 15.1 Å². The third kappa shape index (κ3) is 42.1. The number of methoxy groups -OCH3 is 1. The van der Waals surface area contributed by atoms with Crippen molar-refractivity contribution in [3.63, 3.8) is 0 Å². The summed E-state index contributed by atoms with van der Waals surface area (Å²) < 4.78 is 104. The standard InChI is InChI=1S/C8H7F3O.C8H7F3.C8H10O.C8H10S.C8H10.C7H6ClF.2C7H7Cl.C7H7F.C7H8/c1-6-2-4-7(5-3-6)12-8(9,10)11;1-6-2-4-7(5-3-6)8(9,10)11;2*1-7-3-5-8(9-2)6-4-7;1-7-3-5-8(2)6-4-7;1-5-2-3-6(8)4-7(5)9;1-6-2-4-7(8)5-3-6;1-6-3-2-4-7(8)5-6;1-6-2-4-7(8)5-3-6;1-7-5-3-2-4-6-7/h2-5H,1H3;2-5H,1H3;2*3-6H,1-2H3;3-6H,1-2H3;2-4H,1H3;3*2-5H,1H3;2-6H,1H3. The zero-order valence-electron chi connectivity index (χ0n) is 52.5. The summed E-state index contributed by atoms with van der Waals surface area (Å²) in [7, 11) is 1.67. The molecule has 0 atom stereocenters. The van der Waals surface area contributed by atoms with E-state index in [1.54, 1.807) is 76.0 Å². The van der Waals surface area contributed by atoms with Crippen LogP contribution in [0.4, 0.5) is 35.1 Å². The molecular weight excluding hydrogens is 1220 g/mol. The molecule has 0 saturated heterocycles. The molecule has 0 aromatic heterocycles. The number of aryl methyl sites for hydroxylation is 11. The number of hydrogen-bond donors (Lipinski definition) is 0. The molecule has 0 radical (unpaired) electrons. The first-order valence-corrected chi connectivity index (χ1v) is 30.0. The van der Waals surface area contributed by atoms with Crippen molar-refractivity contribution in [2.24, 2.45) is 0 Å². The molecule has 0 aliphatic rings.